The van der Waals surface area contributed by atoms with Crippen molar-refractivity contribution in [3.05, 3.63) is 70.9 Å². The van der Waals surface area contributed by atoms with Crippen molar-refractivity contribution in [2.45, 2.75) is 13.5 Å². The van der Waals surface area contributed by atoms with E-state index in [1.165, 1.54) is 4.40 Å². The zero-order valence-corrected chi connectivity index (χ0v) is 17.3. The van der Waals surface area contributed by atoms with E-state index < -0.39 is 5.69 Å². The summed E-state index contributed by atoms with van der Waals surface area (Å²) in [6, 6.07) is 16.1. The molecule has 158 valence electrons. The molecule has 0 spiro atoms. The van der Waals surface area contributed by atoms with Gasteiger partial charge in [0.05, 0.1) is 19.9 Å². The van der Waals surface area contributed by atoms with Gasteiger partial charge in [0.1, 0.15) is 23.9 Å². The molecule has 9 heteroatoms. The van der Waals surface area contributed by atoms with Gasteiger partial charge in [-0.1, -0.05) is 6.07 Å². The van der Waals surface area contributed by atoms with Crippen molar-refractivity contribution in [3.8, 4) is 22.8 Å². The lowest BCUT2D eigenvalue weighted by molar-refractivity contribution is -0.117. The van der Waals surface area contributed by atoms with Gasteiger partial charge in [0.2, 0.25) is 5.91 Å². The average Bonchev–Trinajstić information content (AvgIpc) is 3.09. The predicted octanol–water partition coefficient (Wildman–Crippen LogP) is 2.52. The van der Waals surface area contributed by atoms with Crippen LogP contribution >= 0.6 is 0 Å². The highest BCUT2D eigenvalue weighted by Crippen LogP contribution is 2.22. The summed E-state index contributed by atoms with van der Waals surface area (Å²) in [5.41, 5.74) is 2.09. The van der Waals surface area contributed by atoms with E-state index in [0.29, 0.717) is 28.6 Å². The van der Waals surface area contributed by atoms with Crippen LogP contribution in [0.15, 0.2) is 59.4 Å². The summed E-state index contributed by atoms with van der Waals surface area (Å²) in [6.07, 6.45) is 0. The van der Waals surface area contributed by atoms with Crippen LogP contribution in [-0.2, 0) is 11.3 Å². The summed E-state index contributed by atoms with van der Waals surface area (Å²) in [5.74, 6) is 1.46. The van der Waals surface area contributed by atoms with Gasteiger partial charge in [-0.05, 0) is 43.3 Å². The van der Waals surface area contributed by atoms with Crippen LogP contribution in [0, 0.1) is 6.92 Å². The van der Waals surface area contributed by atoms with Gasteiger partial charge in [0.15, 0.2) is 5.65 Å². The monoisotopic (exact) mass is 419 g/mol. The van der Waals surface area contributed by atoms with Crippen LogP contribution < -0.4 is 20.5 Å². The second-order valence-corrected chi connectivity index (χ2v) is 6.83. The number of benzene rings is 2. The van der Waals surface area contributed by atoms with Crippen molar-refractivity contribution < 1.29 is 14.3 Å². The predicted molar refractivity (Wildman–Crippen MR) is 116 cm³/mol. The van der Waals surface area contributed by atoms with Gasteiger partial charge in [0.25, 0.3) is 0 Å². The molecule has 1 N–H and O–H groups in total. The third-order valence-electron chi connectivity index (χ3n) is 4.77. The molecule has 2 heterocycles. The molecule has 0 bridgehead atoms. The summed E-state index contributed by atoms with van der Waals surface area (Å²) in [6.45, 7) is 1.50. The van der Waals surface area contributed by atoms with Crippen LogP contribution in [0.5, 0.6) is 11.5 Å². The van der Waals surface area contributed by atoms with Crippen LogP contribution in [-0.4, -0.2) is 39.3 Å². The summed E-state index contributed by atoms with van der Waals surface area (Å²) in [7, 11) is 3.15. The van der Waals surface area contributed by atoms with Gasteiger partial charge in [-0.2, -0.15) is 0 Å². The molecule has 4 rings (SSSR count). The van der Waals surface area contributed by atoms with Gasteiger partial charge >= 0.3 is 5.69 Å². The maximum absolute atomic E-state index is 12.8. The topological polar surface area (TPSA) is 99.8 Å². The van der Waals surface area contributed by atoms with Crippen LogP contribution in [0.25, 0.3) is 16.9 Å². The SMILES string of the molecule is COc1ccc(-c2cc3nn(CC(=O)Nc4cccc(OC)c4)c(=O)n3c(C)n2)cc1. The van der Waals surface area contributed by atoms with Crippen LogP contribution in [0.4, 0.5) is 5.69 Å². The molecule has 0 saturated heterocycles. The third-order valence-corrected chi connectivity index (χ3v) is 4.77. The number of methoxy groups -OCH3 is 2. The lowest BCUT2D eigenvalue weighted by atomic mass is 10.1. The number of ether oxygens (including phenoxy) is 2. The second kappa shape index (κ2) is 8.31. The third kappa shape index (κ3) is 4.11. The molecule has 0 aliphatic carbocycles. The number of nitrogens with one attached hydrogen (secondary N) is 1. The van der Waals surface area contributed by atoms with E-state index in [-0.39, 0.29) is 12.5 Å². The zero-order chi connectivity index (χ0) is 22.0. The van der Waals surface area contributed by atoms with Gasteiger partial charge < -0.3 is 14.8 Å². The van der Waals surface area contributed by atoms with Crippen molar-refractivity contribution >= 4 is 17.2 Å². The maximum Gasteiger partial charge on any atom is 0.352 e. The van der Waals surface area contributed by atoms with Crippen molar-refractivity contribution in [2.24, 2.45) is 0 Å². The summed E-state index contributed by atoms with van der Waals surface area (Å²) >= 11 is 0. The minimum atomic E-state index is -0.429. The minimum absolute atomic E-state index is 0.227. The standard InChI is InChI=1S/C22H21N5O4/c1-14-23-19(15-7-9-17(30-2)10-8-15)12-20-25-26(22(29)27(14)20)13-21(28)24-16-5-4-6-18(11-16)31-3/h4-12H,13H2,1-3H3,(H,24,28). The van der Waals surface area contributed by atoms with E-state index in [1.54, 1.807) is 51.5 Å². The molecule has 0 unspecified atom stereocenters. The number of fused-ring (bicyclic) bond motifs is 1. The summed E-state index contributed by atoms with van der Waals surface area (Å²) in [4.78, 5) is 29.8. The molecular weight excluding hydrogens is 398 g/mol. The highest BCUT2D eigenvalue weighted by atomic mass is 16.5. The van der Waals surface area contributed by atoms with E-state index >= 15 is 0 Å². The fourth-order valence-electron chi connectivity index (χ4n) is 3.25. The molecule has 1 amide bonds. The fourth-order valence-corrected chi connectivity index (χ4v) is 3.25. The largest absolute Gasteiger partial charge is 0.497 e. The Morgan fingerprint density at radius 2 is 1.77 bits per heavy atom. The Balaban J connectivity index is 1.61. The second-order valence-electron chi connectivity index (χ2n) is 6.83. The first kappa shape index (κ1) is 20.1. The lowest BCUT2D eigenvalue weighted by Crippen LogP contribution is -2.28. The molecular formula is C22H21N5O4. The number of carbonyl (C=O) groups is 1. The van der Waals surface area contributed by atoms with Gasteiger partial charge in [-0.3, -0.25) is 4.79 Å². The molecule has 0 aliphatic rings. The number of hydrogen-bond donors (Lipinski definition) is 1. The molecule has 2 aromatic carbocycles. The van der Waals surface area contributed by atoms with E-state index in [1.807, 2.05) is 24.3 Å². The first-order valence-corrected chi connectivity index (χ1v) is 9.54. The number of nitrogens with zero attached hydrogens (tertiary/aromatic N) is 4. The van der Waals surface area contributed by atoms with E-state index in [0.717, 1.165) is 16.0 Å². The van der Waals surface area contributed by atoms with Gasteiger partial charge in [-0.15, -0.1) is 5.10 Å². The number of aryl methyl sites for hydroxylation is 1. The lowest BCUT2D eigenvalue weighted by Gasteiger charge is -2.06. The van der Waals surface area contributed by atoms with Gasteiger partial charge in [0, 0.05) is 23.4 Å². The number of carbonyl (C=O) groups excluding carboxylic acids is 1. The van der Waals surface area contributed by atoms with Crippen molar-refractivity contribution in [1.29, 1.82) is 0 Å². The first-order valence-electron chi connectivity index (χ1n) is 9.54. The quantitative estimate of drug-likeness (QED) is 0.516. The number of amides is 1. The number of rotatable bonds is 6. The minimum Gasteiger partial charge on any atom is -0.497 e. The zero-order valence-electron chi connectivity index (χ0n) is 17.3. The first-order chi connectivity index (χ1) is 15.0. The normalized spacial score (nSPS) is 10.8. The highest BCUT2D eigenvalue weighted by Gasteiger charge is 2.15. The van der Waals surface area contributed by atoms with Crippen LogP contribution in [0.3, 0.4) is 0 Å². The molecule has 9 nitrogen and oxygen atoms in total. The Kier molecular flexibility index (Phi) is 5.40. The Morgan fingerprint density at radius 1 is 1.03 bits per heavy atom. The number of anilines is 1. The van der Waals surface area contributed by atoms with Crippen molar-refractivity contribution in [2.75, 3.05) is 19.5 Å². The number of hydrogen-bond acceptors (Lipinski definition) is 6. The number of aromatic nitrogens is 4. The fraction of sp³-hybridized carbons (Fsp3) is 0.182. The molecule has 31 heavy (non-hydrogen) atoms. The molecule has 0 saturated carbocycles. The Hall–Kier alpha value is -4.14. The average molecular weight is 419 g/mol. The highest BCUT2D eigenvalue weighted by molar-refractivity contribution is 5.90. The Labute approximate surface area is 177 Å². The molecule has 4 aromatic rings. The molecule has 0 radical (unpaired) electrons. The van der Waals surface area contributed by atoms with E-state index in [2.05, 4.69) is 15.4 Å². The van der Waals surface area contributed by atoms with E-state index in [4.69, 9.17) is 9.47 Å². The van der Waals surface area contributed by atoms with Crippen molar-refractivity contribution in [3.63, 3.8) is 0 Å². The Bertz CT molecular complexity index is 1310. The van der Waals surface area contributed by atoms with Crippen LogP contribution in [0.2, 0.25) is 0 Å². The summed E-state index contributed by atoms with van der Waals surface area (Å²) < 4.78 is 12.8. The van der Waals surface area contributed by atoms with Gasteiger partial charge in [-0.25, -0.2) is 18.9 Å². The molecule has 2 aromatic heterocycles. The van der Waals surface area contributed by atoms with Crippen molar-refractivity contribution in [1.82, 2.24) is 19.2 Å². The molecule has 0 atom stereocenters. The smallest absolute Gasteiger partial charge is 0.352 e. The summed E-state index contributed by atoms with van der Waals surface area (Å²) in [5, 5.41) is 7.07. The Morgan fingerprint density at radius 3 is 2.48 bits per heavy atom. The van der Waals surface area contributed by atoms with Crippen LogP contribution in [0.1, 0.15) is 5.82 Å². The maximum atomic E-state index is 12.8. The molecule has 0 aliphatic heterocycles. The van der Waals surface area contributed by atoms with E-state index in [9.17, 15) is 9.59 Å². The molecule has 0 fully saturated rings.